The Morgan fingerprint density at radius 3 is 2.35 bits per heavy atom. The van der Waals surface area contributed by atoms with E-state index in [4.69, 9.17) is 0 Å². The Morgan fingerprint density at radius 1 is 0.950 bits per heavy atom. The SMILES string of the molecule is CCC(CC)CC(Cc1cccc2ccccc12)NC. The largest absolute Gasteiger partial charge is 0.317 e. The zero-order valence-corrected chi connectivity index (χ0v) is 13.0. The minimum atomic E-state index is 0.575. The van der Waals surface area contributed by atoms with Gasteiger partial charge in [-0.05, 0) is 42.1 Å². The van der Waals surface area contributed by atoms with Crippen molar-refractivity contribution in [2.45, 2.75) is 45.6 Å². The van der Waals surface area contributed by atoms with E-state index < -0.39 is 0 Å². The van der Waals surface area contributed by atoms with Gasteiger partial charge in [0.05, 0.1) is 0 Å². The van der Waals surface area contributed by atoms with Crippen LogP contribution in [0.5, 0.6) is 0 Å². The Kier molecular flexibility index (Phi) is 5.60. The van der Waals surface area contributed by atoms with Crippen LogP contribution in [0.3, 0.4) is 0 Å². The van der Waals surface area contributed by atoms with Gasteiger partial charge in [-0.3, -0.25) is 0 Å². The van der Waals surface area contributed by atoms with Crippen LogP contribution in [0.25, 0.3) is 10.8 Å². The summed E-state index contributed by atoms with van der Waals surface area (Å²) < 4.78 is 0. The average Bonchev–Trinajstić information content (AvgIpc) is 2.51. The maximum absolute atomic E-state index is 3.51. The normalized spacial score (nSPS) is 13.0. The Bertz CT molecular complexity index is 523. The number of fused-ring (bicyclic) bond motifs is 1. The molecule has 1 nitrogen and oxygen atoms in total. The van der Waals surface area contributed by atoms with Gasteiger partial charge < -0.3 is 5.32 Å². The molecule has 0 saturated carbocycles. The molecule has 2 aromatic rings. The molecular weight excluding hydrogens is 242 g/mol. The minimum Gasteiger partial charge on any atom is -0.317 e. The molecule has 2 rings (SSSR count). The van der Waals surface area contributed by atoms with E-state index >= 15 is 0 Å². The molecule has 1 atom stereocenters. The molecule has 1 N–H and O–H groups in total. The molecule has 0 bridgehead atoms. The third-order valence-corrected chi connectivity index (χ3v) is 4.53. The third kappa shape index (κ3) is 3.61. The predicted molar refractivity (Wildman–Crippen MR) is 89.2 cm³/mol. The van der Waals surface area contributed by atoms with Crippen LogP contribution in [0, 0.1) is 5.92 Å². The molecule has 108 valence electrons. The predicted octanol–water partition coefficient (Wildman–Crippen LogP) is 4.80. The van der Waals surface area contributed by atoms with Crippen LogP contribution in [0.4, 0.5) is 0 Å². The summed E-state index contributed by atoms with van der Waals surface area (Å²) >= 11 is 0. The number of likely N-dealkylation sites (N-methyl/N-ethyl adjacent to an activating group) is 1. The fourth-order valence-electron chi connectivity index (χ4n) is 3.06. The van der Waals surface area contributed by atoms with E-state index in [1.807, 2.05) is 0 Å². The maximum atomic E-state index is 3.51. The van der Waals surface area contributed by atoms with Crippen LogP contribution in [0.15, 0.2) is 42.5 Å². The standard InChI is InChI=1S/C19H27N/c1-4-15(5-2)13-18(20-3)14-17-11-8-10-16-9-6-7-12-19(16)17/h6-12,15,18,20H,4-5,13-14H2,1-3H3. The number of hydrogen-bond acceptors (Lipinski definition) is 1. The fourth-order valence-corrected chi connectivity index (χ4v) is 3.06. The van der Waals surface area contributed by atoms with Gasteiger partial charge in [-0.2, -0.15) is 0 Å². The van der Waals surface area contributed by atoms with E-state index in [1.54, 1.807) is 0 Å². The monoisotopic (exact) mass is 269 g/mol. The summed E-state index contributed by atoms with van der Waals surface area (Å²) in [6.45, 7) is 4.61. The van der Waals surface area contributed by atoms with Gasteiger partial charge in [0, 0.05) is 6.04 Å². The molecule has 0 aliphatic carbocycles. The highest BCUT2D eigenvalue weighted by atomic mass is 14.9. The second-order valence-corrected chi connectivity index (χ2v) is 5.75. The lowest BCUT2D eigenvalue weighted by atomic mass is 9.90. The van der Waals surface area contributed by atoms with Crippen LogP contribution in [-0.2, 0) is 6.42 Å². The van der Waals surface area contributed by atoms with Crippen LogP contribution >= 0.6 is 0 Å². The molecule has 0 saturated heterocycles. The quantitative estimate of drug-likeness (QED) is 0.761. The van der Waals surface area contributed by atoms with Gasteiger partial charge in [0.15, 0.2) is 0 Å². The zero-order valence-electron chi connectivity index (χ0n) is 13.0. The summed E-state index contributed by atoms with van der Waals surface area (Å²) in [7, 11) is 2.10. The first kappa shape index (κ1) is 15.1. The maximum Gasteiger partial charge on any atom is 0.0107 e. The molecule has 0 spiro atoms. The second-order valence-electron chi connectivity index (χ2n) is 5.75. The molecule has 0 aromatic heterocycles. The van der Waals surface area contributed by atoms with Gasteiger partial charge in [-0.15, -0.1) is 0 Å². The van der Waals surface area contributed by atoms with Crippen molar-refractivity contribution >= 4 is 10.8 Å². The Hall–Kier alpha value is -1.34. The zero-order chi connectivity index (χ0) is 14.4. The lowest BCUT2D eigenvalue weighted by Crippen LogP contribution is -2.30. The molecule has 1 unspecified atom stereocenters. The van der Waals surface area contributed by atoms with Gasteiger partial charge >= 0.3 is 0 Å². The average molecular weight is 269 g/mol. The summed E-state index contributed by atoms with van der Waals surface area (Å²) in [4.78, 5) is 0. The van der Waals surface area contributed by atoms with Crippen molar-refractivity contribution in [3.63, 3.8) is 0 Å². The van der Waals surface area contributed by atoms with Crippen molar-refractivity contribution in [1.82, 2.24) is 5.32 Å². The number of hydrogen-bond donors (Lipinski definition) is 1. The van der Waals surface area contributed by atoms with Crippen molar-refractivity contribution in [3.8, 4) is 0 Å². The molecule has 20 heavy (non-hydrogen) atoms. The number of nitrogens with one attached hydrogen (secondary N) is 1. The van der Waals surface area contributed by atoms with E-state index in [0.29, 0.717) is 6.04 Å². The van der Waals surface area contributed by atoms with Gasteiger partial charge in [0.1, 0.15) is 0 Å². The molecule has 0 fully saturated rings. The highest BCUT2D eigenvalue weighted by Gasteiger charge is 2.14. The fraction of sp³-hybridized carbons (Fsp3) is 0.474. The van der Waals surface area contributed by atoms with Crippen molar-refractivity contribution in [3.05, 3.63) is 48.0 Å². The van der Waals surface area contributed by atoms with Gasteiger partial charge in [0.25, 0.3) is 0 Å². The second kappa shape index (κ2) is 7.44. The number of benzene rings is 2. The van der Waals surface area contributed by atoms with E-state index in [-0.39, 0.29) is 0 Å². The van der Waals surface area contributed by atoms with Crippen LogP contribution in [0.2, 0.25) is 0 Å². The molecule has 0 aliphatic heterocycles. The van der Waals surface area contributed by atoms with E-state index in [9.17, 15) is 0 Å². The summed E-state index contributed by atoms with van der Waals surface area (Å²) in [6.07, 6.45) is 4.95. The summed E-state index contributed by atoms with van der Waals surface area (Å²) in [5, 5.41) is 6.27. The summed E-state index contributed by atoms with van der Waals surface area (Å²) in [5.41, 5.74) is 1.47. The van der Waals surface area contributed by atoms with Crippen LogP contribution in [0.1, 0.15) is 38.7 Å². The van der Waals surface area contributed by atoms with Crippen molar-refractivity contribution < 1.29 is 0 Å². The first-order valence-corrected chi connectivity index (χ1v) is 7.92. The molecule has 2 aromatic carbocycles. The smallest absolute Gasteiger partial charge is 0.0107 e. The Morgan fingerprint density at radius 2 is 1.65 bits per heavy atom. The van der Waals surface area contributed by atoms with Crippen molar-refractivity contribution in [2.75, 3.05) is 7.05 Å². The van der Waals surface area contributed by atoms with Crippen LogP contribution < -0.4 is 5.32 Å². The molecular formula is C19H27N. The summed E-state index contributed by atoms with van der Waals surface area (Å²) in [5.74, 6) is 0.836. The molecule has 0 aliphatic rings. The van der Waals surface area contributed by atoms with Gasteiger partial charge in [-0.25, -0.2) is 0 Å². The topological polar surface area (TPSA) is 12.0 Å². The Labute approximate surface area is 123 Å². The summed E-state index contributed by atoms with van der Waals surface area (Å²) in [6, 6.07) is 15.9. The Balaban J connectivity index is 2.17. The van der Waals surface area contributed by atoms with E-state index in [1.165, 1.54) is 35.6 Å². The van der Waals surface area contributed by atoms with Crippen molar-refractivity contribution in [2.24, 2.45) is 5.92 Å². The number of rotatable bonds is 7. The minimum absolute atomic E-state index is 0.575. The van der Waals surface area contributed by atoms with Gasteiger partial charge in [-0.1, -0.05) is 69.2 Å². The van der Waals surface area contributed by atoms with Gasteiger partial charge in [0.2, 0.25) is 0 Å². The van der Waals surface area contributed by atoms with Crippen LogP contribution in [-0.4, -0.2) is 13.1 Å². The third-order valence-electron chi connectivity index (χ3n) is 4.53. The van der Waals surface area contributed by atoms with Crippen molar-refractivity contribution in [1.29, 1.82) is 0 Å². The first-order chi connectivity index (χ1) is 9.78. The highest BCUT2D eigenvalue weighted by Crippen LogP contribution is 2.22. The lowest BCUT2D eigenvalue weighted by Gasteiger charge is -2.22. The molecule has 0 radical (unpaired) electrons. The highest BCUT2D eigenvalue weighted by molar-refractivity contribution is 5.85. The van der Waals surface area contributed by atoms with E-state index in [2.05, 4.69) is 68.7 Å². The lowest BCUT2D eigenvalue weighted by molar-refractivity contribution is 0.377. The molecule has 0 heterocycles. The van der Waals surface area contributed by atoms with E-state index in [0.717, 1.165) is 12.3 Å². The molecule has 0 amide bonds. The first-order valence-electron chi connectivity index (χ1n) is 7.92. The molecule has 1 heteroatoms.